The molecule has 12 heavy (non-hydrogen) atoms. The largest absolute Gasteiger partial charge is 0.393 e. The van der Waals surface area contributed by atoms with Crippen molar-refractivity contribution in [1.82, 2.24) is 5.32 Å². The number of aliphatic hydroxyl groups excluding tert-OH is 1. The normalized spacial score (nSPS) is 33.2. The quantitative estimate of drug-likeness (QED) is 0.664. The molecule has 2 N–H and O–H groups in total. The fraction of sp³-hybridized carbons (Fsp3) is 1.00. The number of nitrogens with one attached hydrogen (secondary N) is 1. The zero-order chi connectivity index (χ0) is 8.39. The molecule has 1 aliphatic carbocycles. The smallest absolute Gasteiger partial charge is 0.0583 e. The second-order valence-electron chi connectivity index (χ2n) is 4.35. The second-order valence-corrected chi connectivity index (χ2v) is 4.35. The average molecular weight is 169 g/mol. The third-order valence-electron chi connectivity index (χ3n) is 3.15. The summed E-state index contributed by atoms with van der Waals surface area (Å²) in [5.41, 5.74) is 0. The fourth-order valence-corrected chi connectivity index (χ4v) is 2.09. The number of rotatable bonds is 3. The van der Waals surface area contributed by atoms with E-state index >= 15 is 0 Å². The highest BCUT2D eigenvalue weighted by Gasteiger charge is 2.29. The molecule has 70 valence electrons. The van der Waals surface area contributed by atoms with E-state index in [9.17, 15) is 5.11 Å². The van der Waals surface area contributed by atoms with Crippen LogP contribution in [0.1, 0.15) is 32.1 Å². The zero-order valence-electron chi connectivity index (χ0n) is 7.63. The van der Waals surface area contributed by atoms with Crippen molar-refractivity contribution in [1.29, 1.82) is 0 Å². The van der Waals surface area contributed by atoms with Gasteiger partial charge in [-0.15, -0.1) is 0 Å². The van der Waals surface area contributed by atoms with E-state index in [2.05, 4.69) is 5.32 Å². The van der Waals surface area contributed by atoms with Gasteiger partial charge in [-0.25, -0.2) is 0 Å². The summed E-state index contributed by atoms with van der Waals surface area (Å²) in [4.78, 5) is 0. The van der Waals surface area contributed by atoms with Crippen molar-refractivity contribution in [2.75, 3.05) is 13.1 Å². The molecule has 2 fully saturated rings. The molecule has 0 unspecified atom stereocenters. The van der Waals surface area contributed by atoms with Crippen LogP contribution in [-0.2, 0) is 0 Å². The molecule has 1 saturated carbocycles. The summed E-state index contributed by atoms with van der Waals surface area (Å²) in [5, 5.41) is 13.2. The van der Waals surface area contributed by atoms with Gasteiger partial charge in [-0.05, 0) is 37.6 Å². The molecule has 0 radical (unpaired) electrons. The van der Waals surface area contributed by atoms with Crippen LogP contribution >= 0.6 is 0 Å². The van der Waals surface area contributed by atoms with Gasteiger partial charge >= 0.3 is 0 Å². The summed E-state index contributed by atoms with van der Waals surface area (Å²) in [5.74, 6) is 1.40. The van der Waals surface area contributed by atoms with Gasteiger partial charge in [0.15, 0.2) is 0 Å². The Balaban J connectivity index is 1.72. The third-order valence-corrected chi connectivity index (χ3v) is 3.15. The highest BCUT2D eigenvalue weighted by Crippen LogP contribution is 2.35. The Bertz CT molecular complexity index is 139. The lowest BCUT2D eigenvalue weighted by molar-refractivity contribution is 0.0791. The molecule has 0 amide bonds. The van der Waals surface area contributed by atoms with E-state index in [1.165, 1.54) is 25.7 Å². The maximum atomic E-state index is 9.84. The Hall–Kier alpha value is -0.0800. The summed E-state index contributed by atoms with van der Waals surface area (Å²) < 4.78 is 0. The van der Waals surface area contributed by atoms with E-state index < -0.39 is 0 Å². The van der Waals surface area contributed by atoms with Gasteiger partial charge in [0.05, 0.1) is 6.10 Å². The Morgan fingerprint density at radius 2 is 2.17 bits per heavy atom. The molecule has 0 aromatic rings. The van der Waals surface area contributed by atoms with E-state index in [-0.39, 0.29) is 6.10 Å². The Labute approximate surface area is 74.4 Å². The third kappa shape index (κ3) is 2.20. The summed E-state index contributed by atoms with van der Waals surface area (Å²) in [6.07, 6.45) is 6.22. The minimum Gasteiger partial charge on any atom is -0.393 e. The lowest BCUT2D eigenvalue weighted by Gasteiger charge is -2.27. The molecule has 0 spiro atoms. The molecule has 2 rings (SSSR count). The summed E-state index contributed by atoms with van der Waals surface area (Å²) >= 11 is 0. The first-order valence-corrected chi connectivity index (χ1v) is 5.25. The van der Waals surface area contributed by atoms with E-state index in [0.717, 1.165) is 25.4 Å². The summed E-state index contributed by atoms with van der Waals surface area (Å²) in [6.45, 7) is 2.18. The molecule has 1 heterocycles. The van der Waals surface area contributed by atoms with Crippen molar-refractivity contribution in [3.63, 3.8) is 0 Å². The predicted octanol–water partition coefficient (Wildman–Crippen LogP) is 1.15. The van der Waals surface area contributed by atoms with Crippen molar-refractivity contribution in [3.05, 3.63) is 0 Å². The van der Waals surface area contributed by atoms with Gasteiger partial charge in [0.25, 0.3) is 0 Å². The van der Waals surface area contributed by atoms with Gasteiger partial charge in [0.2, 0.25) is 0 Å². The van der Waals surface area contributed by atoms with E-state index in [1.807, 2.05) is 0 Å². The molecule has 2 heteroatoms. The van der Waals surface area contributed by atoms with Crippen LogP contribution in [0.2, 0.25) is 0 Å². The fourth-order valence-electron chi connectivity index (χ4n) is 2.09. The van der Waals surface area contributed by atoms with Gasteiger partial charge in [0.1, 0.15) is 0 Å². The van der Waals surface area contributed by atoms with Crippen LogP contribution in [0.15, 0.2) is 0 Å². The minimum absolute atomic E-state index is 0.0229. The summed E-state index contributed by atoms with van der Waals surface area (Å²) in [7, 11) is 0. The monoisotopic (exact) mass is 169 g/mol. The van der Waals surface area contributed by atoms with Crippen molar-refractivity contribution >= 4 is 0 Å². The molecular formula is C10H19NO. The topological polar surface area (TPSA) is 32.3 Å². The molecule has 2 nitrogen and oxygen atoms in total. The van der Waals surface area contributed by atoms with Crippen molar-refractivity contribution in [3.8, 4) is 0 Å². The molecular weight excluding hydrogens is 150 g/mol. The predicted molar refractivity (Wildman–Crippen MR) is 48.9 cm³/mol. The molecule has 1 saturated heterocycles. The Morgan fingerprint density at radius 3 is 2.75 bits per heavy atom. The van der Waals surface area contributed by atoms with Gasteiger partial charge < -0.3 is 10.4 Å². The first-order chi connectivity index (χ1) is 5.86. The SMILES string of the molecule is O[C@@H](CC1CC1)[C@H]1CCCNC1. The maximum Gasteiger partial charge on any atom is 0.0583 e. The minimum atomic E-state index is -0.0229. The highest BCUT2D eigenvalue weighted by atomic mass is 16.3. The standard InChI is InChI=1S/C10H19NO/c12-10(6-8-3-4-8)9-2-1-5-11-7-9/h8-12H,1-7H2/t9-,10-/m0/s1. The van der Waals surface area contributed by atoms with Crippen LogP contribution < -0.4 is 5.32 Å². The van der Waals surface area contributed by atoms with Crippen LogP contribution in [0.5, 0.6) is 0 Å². The number of aliphatic hydroxyl groups is 1. The van der Waals surface area contributed by atoms with Crippen molar-refractivity contribution in [2.45, 2.75) is 38.2 Å². The van der Waals surface area contributed by atoms with Crippen LogP contribution in [0.4, 0.5) is 0 Å². The molecule has 0 aromatic heterocycles. The molecule has 2 aliphatic rings. The van der Waals surface area contributed by atoms with Crippen molar-refractivity contribution < 1.29 is 5.11 Å². The molecule has 1 aliphatic heterocycles. The van der Waals surface area contributed by atoms with Gasteiger partial charge in [-0.2, -0.15) is 0 Å². The van der Waals surface area contributed by atoms with Gasteiger partial charge in [0, 0.05) is 6.54 Å². The average Bonchev–Trinajstić information content (AvgIpc) is 2.90. The van der Waals surface area contributed by atoms with E-state index in [1.54, 1.807) is 0 Å². The van der Waals surface area contributed by atoms with Crippen molar-refractivity contribution in [2.24, 2.45) is 11.8 Å². The summed E-state index contributed by atoms with van der Waals surface area (Å²) in [6, 6.07) is 0. The number of piperidine rings is 1. The van der Waals surface area contributed by atoms with Gasteiger partial charge in [-0.1, -0.05) is 12.8 Å². The first kappa shape index (κ1) is 8.52. The molecule has 2 atom stereocenters. The lowest BCUT2D eigenvalue weighted by Crippen LogP contribution is -2.36. The van der Waals surface area contributed by atoms with Crippen LogP contribution in [0.3, 0.4) is 0 Å². The zero-order valence-corrected chi connectivity index (χ0v) is 7.63. The Kier molecular flexibility index (Phi) is 2.66. The Morgan fingerprint density at radius 1 is 1.33 bits per heavy atom. The van der Waals surface area contributed by atoms with Crippen LogP contribution in [0.25, 0.3) is 0 Å². The van der Waals surface area contributed by atoms with Gasteiger partial charge in [-0.3, -0.25) is 0 Å². The first-order valence-electron chi connectivity index (χ1n) is 5.25. The lowest BCUT2D eigenvalue weighted by atomic mass is 9.91. The maximum absolute atomic E-state index is 9.84. The highest BCUT2D eigenvalue weighted by molar-refractivity contribution is 4.82. The second kappa shape index (κ2) is 3.75. The molecule has 0 bridgehead atoms. The van der Waals surface area contributed by atoms with E-state index in [0.29, 0.717) is 5.92 Å². The number of hydrogen-bond donors (Lipinski definition) is 2. The van der Waals surface area contributed by atoms with Crippen LogP contribution in [-0.4, -0.2) is 24.3 Å². The molecule has 0 aromatic carbocycles. The van der Waals surface area contributed by atoms with E-state index in [4.69, 9.17) is 0 Å². The number of hydrogen-bond acceptors (Lipinski definition) is 2. The van der Waals surface area contributed by atoms with Crippen LogP contribution in [0, 0.1) is 11.8 Å².